The van der Waals surface area contributed by atoms with Crippen LogP contribution in [0, 0.1) is 6.92 Å². The van der Waals surface area contributed by atoms with Crippen molar-refractivity contribution in [3.05, 3.63) is 70.8 Å². The van der Waals surface area contributed by atoms with Crippen molar-refractivity contribution in [2.24, 2.45) is 0 Å². The molecule has 2 heterocycles. The van der Waals surface area contributed by atoms with Crippen LogP contribution in [0.4, 0.5) is 0 Å². The van der Waals surface area contributed by atoms with Crippen molar-refractivity contribution in [3.63, 3.8) is 0 Å². The first-order valence-electron chi connectivity index (χ1n) is 11.6. The van der Waals surface area contributed by atoms with E-state index in [0.29, 0.717) is 15.8 Å². The summed E-state index contributed by atoms with van der Waals surface area (Å²) in [5.74, 6) is 0.839. The fraction of sp³-hybridized carbons (Fsp3) is 0.296. The molecule has 0 bridgehead atoms. The van der Waals surface area contributed by atoms with Crippen LogP contribution in [0.5, 0.6) is 5.75 Å². The Hall–Kier alpha value is -2.90. The summed E-state index contributed by atoms with van der Waals surface area (Å²) in [5, 5.41) is 4.90. The second-order valence-electron chi connectivity index (χ2n) is 8.35. The minimum Gasteiger partial charge on any atom is -0.493 e. The molecule has 0 radical (unpaired) electrons. The fourth-order valence-electron chi connectivity index (χ4n) is 3.78. The molecular weight excluding hydrogens is 462 g/mol. The lowest BCUT2D eigenvalue weighted by Crippen LogP contribution is -2.36. The van der Waals surface area contributed by atoms with Gasteiger partial charge in [-0.3, -0.25) is 9.69 Å². The molecule has 5 nitrogen and oxygen atoms in total. The molecule has 3 aromatic rings. The summed E-state index contributed by atoms with van der Waals surface area (Å²) >= 11 is 6.88. The summed E-state index contributed by atoms with van der Waals surface area (Å²) in [7, 11) is 0. The van der Waals surface area contributed by atoms with Crippen LogP contribution in [0.1, 0.15) is 44.7 Å². The number of carbonyl (C=O) groups excluding carboxylic acids is 1. The van der Waals surface area contributed by atoms with Crippen LogP contribution in [0.2, 0.25) is 0 Å². The maximum absolute atomic E-state index is 13.1. The van der Waals surface area contributed by atoms with E-state index in [4.69, 9.17) is 22.1 Å². The largest absolute Gasteiger partial charge is 0.493 e. The van der Waals surface area contributed by atoms with Crippen molar-refractivity contribution in [2.45, 2.75) is 46.6 Å². The van der Waals surface area contributed by atoms with Crippen LogP contribution in [0.3, 0.4) is 0 Å². The van der Waals surface area contributed by atoms with Crippen LogP contribution >= 0.6 is 24.0 Å². The van der Waals surface area contributed by atoms with Gasteiger partial charge in [0.1, 0.15) is 15.8 Å². The van der Waals surface area contributed by atoms with Crippen molar-refractivity contribution in [1.29, 1.82) is 0 Å². The van der Waals surface area contributed by atoms with Crippen LogP contribution < -0.4 is 4.74 Å². The summed E-state index contributed by atoms with van der Waals surface area (Å²) < 4.78 is 8.32. The normalized spacial score (nSPS) is 15.9. The molecular formula is C27H29N3O2S2. The lowest BCUT2D eigenvalue weighted by atomic mass is 10.0. The zero-order chi connectivity index (χ0) is 24.2. The van der Waals surface area contributed by atoms with Crippen molar-refractivity contribution >= 4 is 40.3 Å². The quantitative estimate of drug-likeness (QED) is 0.261. The molecule has 1 aliphatic rings. The predicted molar refractivity (Wildman–Crippen MR) is 144 cm³/mol. The summed E-state index contributed by atoms with van der Waals surface area (Å²) in [6.45, 7) is 8.91. The highest BCUT2D eigenvalue weighted by Crippen LogP contribution is 2.37. The SMILES string of the molecule is CCCOc1ccc(-c2nn(-c3ccccc3)cc2/C=C2\SC(=S)N(C(C)CC)C2=O)cc1C. The van der Waals surface area contributed by atoms with Crippen LogP contribution in [0.15, 0.2) is 59.6 Å². The zero-order valence-corrected chi connectivity index (χ0v) is 21.6. The van der Waals surface area contributed by atoms with E-state index in [0.717, 1.165) is 46.7 Å². The van der Waals surface area contributed by atoms with Gasteiger partial charge in [0.2, 0.25) is 0 Å². The Labute approximate surface area is 210 Å². The molecule has 0 aliphatic carbocycles. The highest BCUT2D eigenvalue weighted by molar-refractivity contribution is 8.26. The first kappa shape index (κ1) is 24.2. The second-order valence-corrected chi connectivity index (χ2v) is 10.0. The van der Waals surface area contributed by atoms with Crippen LogP contribution in [-0.2, 0) is 4.79 Å². The summed E-state index contributed by atoms with van der Waals surface area (Å²) in [4.78, 5) is 15.5. The molecule has 1 aromatic heterocycles. The highest BCUT2D eigenvalue weighted by atomic mass is 32.2. The van der Waals surface area contributed by atoms with Gasteiger partial charge in [0.15, 0.2) is 0 Å². The number of rotatable bonds is 8. The van der Waals surface area contributed by atoms with Crippen molar-refractivity contribution < 1.29 is 9.53 Å². The topological polar surface area (TPSA) is 47.4 Å². The predicted octanol–water partition coefficient (Wildman–Crippen LogP) is 6.64. The van der Waals surface area contributed by atoms with Gasteiger partial charge in [-0.15, -0.1) is 0 Å². The third kappa shape index (κ3) is 4.95. The lowest BCUT2D eigenvalue weighted by Gasteiger charge is -2.21. The molecule has 7 heteroatoms. The Morgan fingerprint density at radius 2 is 1.94 bits per heavy atom. The standard InChI is InChI=1S/C27H29N3O2S2/c1-5-14-32-23-13-12-20(15-18(23)3)25-21(17-29(28-25)22-10-8-7-9-11-22)16-24-26(31)30(19(4)6-2)27(33)34-24/h7-13,15-17,19H,5-6,14H2,1-4H3/b24-16-. The molecule has 2 aromatic carbocycles. The van der Waals surface area contributed by atoms with E-state index in [-0.39, 0.29) is 11.9 Å². The monoisotopic (exact) mass is 491 g/mol. The van der Waals surface area contributed by atoms with Gasteiger partial charge >= 0.3 is 0 Å². The fourth-order valence-corrected chi connectivity index (χ4v) is 5.24. The van der Waals surface area contributed by atoms with Gasteiger partial charge in [-0.1, -0.05) is 56.0 Å². The first-order valence-corrected chi connectivity index (χ1v) is 12.8. The molecule has 1 saturated heterocycles. The number of amides is 1. The molecule has 4 rings (SSSR count). The smallest absolute Gasteiger partial charge is 0.266 e. The lowest BCUT2D eigenvalue weighted by molar-refractivity contribution is -0.123. The van der Waals surface area contributed by atoms with Gasteiger partial charge < -0.3 is 4.74 Å². The second kappa shape index (κ2) is 10.6. The van der Waals surface area contributed by atoms with E-state index >= 15 is 0 Å². The molecule has 1 aliphatic heterocycles. The van der Waals surface area contributed by atoms with Gasteiger partial charge in [-0.05, 0) is 68.7 Å². The number of aromatic nitrogens is 2. The number of thioether (sulfide) groups is 1. The number of benzene rings is 2. The van der Waals surface area contributed by atoms with E-state index < -0.39 is 0 Å². The van der Waals surface area contributed by atoms with Crippen molar-refractivity contribution in [1.82, 2.24) is 14.7 Å². The van der Waals surface area contributed by atoms with Gasteiger partial charge in [-0.25, -0.2) is 4.68 Å². The minimum absolute atomic E-state index is 0.0396. The van der Waals surface area contributed by atoms with Gasteiger partial charge in [0.25, 0.3) is 5.91 Å². The number of aryl methyl sites for hydroxylation is 1. The third-order valence-electron chi connectivity index (χ3n) is 5.82. The van der Waals surface area contributed by atoms with Crippen LogP contribution in [-0.4, -0.2) is 37.6 Å². The number of carbonyl (C=O) groups is 1. The van der Waals surface area contributed by atoms with Crippen molar-refractivity contribution in [3.8, 4) is 22.7 Å². The van der Waals surface area contributed by atoms with Gasteiger partial charge in [0.05, 0.1) is 17.2 Å². The minimum atomic E-state index is -0.0396. The maximum Gasteiger partial charge on any atom is 0.266 e. The zero-order valence-electron chi connectivity index (χ0n) is 19.9. The van der Waals surface area contributed by atoms with Crippen molar-refractivity contribution in [2.75, 3.05) is 6.61 Å². The molecule has 1 amide bonds. The number of ether oxygens (including phenoxy) is 1. The van der Waals surface area contributed by atoms with Crippen LogP contribution in [0.25, 0.3) is 23.0 Å². The number of hydrogen-bond donors (Lipinski definition) is 0. The van der Waals surface area contributed by atoms with E-state index in [1.165, 1.54) is 11.8 Å². The summed E-state index contributed by atoms with van der Waals surface area (Å²) in [6.07, 6.45) is 5.70. The van der Waals surface area contributed by atoms with Gasteiger partial charge in [-0.2, -0.15) is 5.10 Å². The number of thiocarbonyl (C=S) groups is 1. The van der Waals surface area contributed by atoms with E-state index in [9.17, 15) is 4.79 Å². The molecule has 0 saturated carbocycles. The third-order valence-corrected chi connectivity index (χ3v) is 7.15. The molecule has 0 spiro atoms. The first-order chi connectivity index (χ1) is 16.4. The number of hydrogen-bond acceptors (Lipinski definition) is 5. The Balaban J connectivity index is 1.78. The van der Waals surface area contributed by atoms with Gasteiger partial charge in [0, 0.05) is 23.4 Å². The van der Waals surface area contributed by atoms with E-state index in [2.05, 4.69) is 19.9 Å². The molecule has 1 unspecified atom stereocenters. The Morgan fingerprint density at radius 1 is 1.18 bits per heavy atom. The van der Waals surface area contributed by atoms with E-state index in [1.54, 1.807) is 4.90 Å². The maximum atomic E-state index is 13.1. The molecule has 1 atom stereocenters. The molecule has 0 N–H and O–H groups in total. The average molecular weight is 492 g/mol. The average Bonchev–Trinajstić information content (AvgIpc) is 3.39. The Morgan fingerprint density at radius 3 is 2.62 bits per heavy atom. The molecule has 34 heavy (non-hydrogen) atoms. The summed E-state index contributed by atoms with van der Waals surface area (Å²) in [6, 6.07) is 16.1. The molecule has 176 valence electrons. The Bertz CT molecular complexity index is 1230. The summed E-state index contributed by atoms with van der Waals surface area (Å²) in [5.41, 5.74) is 4.65. The number of nitrogens with zero attached hydrogens (tertiary/aromatic N) is 3. The van der Waals surface area contributed by atoms with E-state index in [1.807, 2.05) is 73.3 Å². The Kier molecular flexibility index (Phi) is 7.54. The number of para-hydroxylation sites is 1. The molecule has 1 fully saturated rings. The highest BCUT2D eigenvalue weighted by Gasteiger charge is 2.35.